The molecule has 1 atom stereocenters. The van der Waals surface area contributed by atoms with Crippen LogP contribution in [-0.2, 0) is 39.0 Å². The molecular formula is C43H60N8O8. The number of hydrogen-bond acceptors (Lipinski definition) is 11. The highest BCUT2D eigenvalue weighted by Gasteiger charge is 2.36. The second-order valence-corrected chi connectivity index (χ2v) is 16.7. The summed E-state index contributed by atoms with van der Waals surface area (Å²) in [5, 5.41) is 3.05. The molecule has 3 aromatic rings. The van der Waals surface area contributed by atoms with Gasteiger partial charge in [0, 0.05) is 90.1 Å². The van der Waals surface area contributed by atoms with Crippen LogP contribution in [0.3, 0.4) is 0 Å². The monoisotopic (exact) mass is 816 g/mol. The normalized spacial score (nSPS) is 19.4. The molecular weight excluding hydrogens is 757 g/mol. The minimum Gasteiger partial charge on any atom is -0.464 e. The van der Waals surface area contributed by atoms with Gasteiger partial charge in [-0.2, -0.15) is 0 Å². The van der Waals surface area contributed by atoms with Crippen LogP contribution in [-0.4, -0.2) is 169 Å². The van der Waals surface area contributed by atoms with Crippen molar-refractivity contribution in [3.05, 3.63) is 63.6 Å². The number of anilines is 1. The van der Waals surface area contributed by atoms with Gasteiger partial charge >= 0.3 is 23.8 Å². The van der Waals surface area contributed by atoms with Gasteiger partial charge in [0.2, 0.25) is 0 Å². The van der Waals surface area contributed by atoms with Gasteiger partial charge in [-0.1, -0.05) is 24.3 Å². The number of hydrogen-bond donors (Lipinski definition) is 1. The number of esters is 1. The molecule has 1 N–H and O–H groups in total. The molecule has 16 heteroatoms. The maximum Gasteiger partial charge on any atom is 0.419 e. The summed E-state index contributed by atoms with van der Waals surface area (Å²) in [6.07, 6.45) is 2.84. The summed E-state index contributed by atoms with van der Waals surface area (Å²) in [6, 6.07) is 11.8. The first kappa shape index (κ1) is 42.2. The molecule has 0 unspecified atom stereocenters. The molecule has 3 fully saturated rings. The third-order valence-electron chi connectivity index (χ3n) is 12.5. The molecule has 1 aromatic heterocycles. The van der Waals surface area contributed by atoms with Crippen molar-refractivity contribution in [1.29, 1.82) is 0 Å². The molecule has 320 valence electrons. The maximum absolute atomic E-state index is 14.3. The molecule has 0 spiro atoms. The summed E-state index contributed by atoms with van der Waals surface area (Å²) < 4.78 is 18.4. The van der Waals surface area contributed by atoms with E-state index in [-0.39, 0.29) is 30.4 Å². The summed E-state index contributed by atoms with van der Waals surface area (Å²) >= 11 is 0. The third kappa shape index (κ3) is 10.3. The average Bonchev–Trinajstić information content (AvgIpc) is 3.41. The number of aromatic nitrogens is 1. The van der Waals surface area contributed by atoms with Crippen LogP contribution in [0.2, 0.25) is 0 Å². The Hall–Kier alpha value is -4.93. The van der Waals surface area contributed by atoms with Crippen LogP contribution in [0.4, 0.5) is 15.3 Å². The van der Waals surface area contributed by atoms with Crippen molar-refractivity contribution in [2.75, 3.05) is 98.0 Å². The lowest BCUT2D eigenvalue weighted by Gasteiger charge is -2.43. The van der Waals surface area contributed by atoms with E-state index in [4.69, 9.17) is 13.9 Å². The number of ether oxygens (including phenoxy) is 2. The van der Waals surface area contributed by atoms with E-state index in [0.29, 0.717) is 88.8 Å². The van der Waals surface area contributed by atoms with Crippen molar-refractivity contribution >= 4 is 40.8 Å². The van der Waals surface area contributed by atoms with Gasteiger partial charge in [0.1, 0.15) is 6.61 Å². The summed E-state index contributed by atoms with van der Waals surface area (Å²) in [5.41, 5.74) is 4.61. The lowest BCUT2D eigenvalue weighted by atomic mass is 10.0. The summed E-state index contributed by atoms with van der Waals surface area (Å²) in [4.78, 5) is 78.0. The number of likely N-dealkylation sites (N-methyl/N-ethyl adjacent to an activating group) is 1. The number of carbonyl (C=O) groups is 4. The van der Waals surface area contributed by atoms with Crippen LogP contribution < -0.4 is 11.1 Å². The molecule has 3 saturated heterocycles. The van der Waals surface area contributed by atoms with Gasteiger partial charge in [0.05, 0.1) is 11.9 Å². The van der Waals surface area contributed by atoms with E-state index in [1.807, 2.05) is 66.1 Å². The Morgan fingerprint density at radius 2 is 1.61 bits per heavy atom. The van der Waals surface area contributed by atoms with Crippen LogP contribution in [0, 0.1) is 6.92 Å². The van der Waals surface area contributed by atoms with Gasteiger partial charge < -0.3 is 43.7 Å². The number of nitrogens with zero attached hydrogens (tertiary/aromatic N) is 7. The lowest BCUT2D eigenvalue weighted by Crippen LogP contribution is -2.56. The van der Waals surface area contributed by atoms with Crippen molar-refractivity contribution < 1.29 is 33.1 Å². The highest BCUT2D eigenvalue weighted by Crippen LogP contribution is 2.27. The van der Waals surface area contributed by atoms with Crippen molar-refractivity contribution in [2.24, 2.45) is 7.05 Å². The number of benzene rings is 2. The van der Waals surface area contributed by atoms with Crippen molar-refractivity contribution in [3.63, 3.8) is 0 Å². The zero-order valence-corrected chi connectivity index (χ0v) is 35.0. The number of oxazole rings is 1. The Morgan fingerprint density at radius 1 is 0.898 bits per heavy atom. The van der Waals surface area contributed by atoms with Crippen LogP contribution in [0.25, 0.3) is 11.1 Å². The Kier molecular flexibility index (Phi) is 13.6. The minimum absolute atomic E-state index is 0.0218. The number of amides is 4. The second-order valence-electron chi connectivity index (χ2n) is 16.7. The first-order chi connectivity index (χ1) is 28.4. The van der Waals surface area contributed by atoms with E-state index in [9.17, 15) is 24.0 Å². The molecule has 0 radical (unpaired) electrons. The number of carbonyl (C=O) groups excluding carboxylic acids is 4. The number of piperidine rings is 2. The predicted molar refractivity (Wildman–Crippen MR) is 222 cm³/mol. The summed E-state index contributed by atoms with van der Waals surface area (Å²) in [5.74, 6) is -0.867. The quantitative estimate of drug-likeness (QED) is 0.269. The Labute approximate surface area is 345 Å². The largest absolute Gasteiger partial charge is 0.464 e. The van der Waals surface area contributed by atoms with Crippen LogP contribution in [0.5, 0.6) is 0 Å². The van der Waals surface area contributed by atoms with Crippen molar-refractivity contribution in [3.8, 4) is 0 Å². The molecule has 4 aliphatic heterocycles. The first-order valence-corrected chi connectivity index (χ1v) is 21.2. The van der Waals surface area contributed by atoms with E-state index in [1.165, 1.54) is 4.57 Å². The van der Waals surface area contributed by atoms with Crippen molar-refractivity contribution in [1.82, 2.24) is 34.0 Å². The fourth-order valence-corrected chi connectivity index (χ4v) is 9.07. The number of nitrogens with one attached hydrogen (secondary N) is 1. The summed E-state index contributed by atoms with van der Waals surface area (Å²) in [6.45, 7) is 9.41. The number of piperazine rings is 1. The average molecular weight is 817 g/mol. The standard InChI is InChI=1S/C43H60N8O8/c1-30-27-31(28-36-39(30)46(4)42(55)58-36)29-37(59-43(56)50-18-12-34(13-19-50)51-20-9-32-7-5-6-8-35(32)44-41(51)54)40(53)49-23-21-48(22-24-49)33-10-15-47(16-11-33)17-14-38(52)57-26-25-45(2)3/h5-8,27-28,33-34,37H,9-26,29H2,1-4H3,(H,44,54)/t37-/m1/s1. The topological polar surface area (TPSA) is 153 Å². The first-order valence-electron chi connectivity index (χ1n) is 21.2. The number of likely N-dealkylation sites (tertiary alicyclic amines) is 2. The van der Waals surface area contributed by atoms with Crippen LogP contribution >= 0.6 is 0 Å². The van der Waals surface area contributed by atoms with Gasteiger partial charge in [-0.15, -0.1) is 0 Å². The van der Waals surface area contributed by atoms with Crippen LogP contribution in [0.1, 0.15) is 48.8 Å². The fraction of sp³-hybridized carbons (Fsp3) is 0.605. The van der Waals surface area contributed by atoms with E-state index in [2.05, 4.69) is 15.1 Å². The molecule has 59 heavy (non-hydrogen) atoms. The molecule has 0 aliphatic carbocycles. The SMILES string of the molecule is Cc1cc(C[C@@H](OC(=O)N2CCC(N3CCc4ccccc4NC3=O)CC2)C(=O)N2CCN(C3CCN(CCC(=O)OCCN(C)C)CC3)CC2)cc2oc(=O)n(C)c12. The molecule has 2 aromatic carbocycles. The lowest BCUT2D eigenvalue weighted by molar-refractivity contribution is -0.145. The number of urea groups is 1. The third-order valence-corrected chi connectivity index (χ3v) is 12.5. The number of rotatable bonds is 12. The van der Waals surface area contributed by atoms with Crippen molar-refractivity contribution in [2.45, 2.75) is 70.1 Å². The molecule has 0 saturated carbocycles. The Bertz CT molecular complexity index is 2020. The molecule has 4 amide bonds. The highest BCUT2D eigenvalue weighted by atomic mass is 16.6. The predicted octanol–water partition coefficient (Wildman–Crippen LogP) is 3.15. The van der Waals surface area contributed by atoms with E-state index in [1.54, 1.807) is 18.0 Å². The van der Waals surface area contributed by atoms with Gasteiger partial charge in [-0.05, 0) is 95.0 Å². The number of fused-ring (bicyclic) bond motifs is 2. The van der Waals surface area contributed by atoms with Gasteiger partial charge in [-0.3, -0.25) is 19.1 Å². The second kappa shape index (κ2) is 19.0. The number of para-hydroxylation sites is 1. The maximum atomic E-state index is 14.3. The smallest absolute Gasteiger partial charge is 0.419 e. The molecule has 0 bridgehead atoms. The van der Waals surface area contributed by atoms with Gasteiger partial charge in [-0.25, -0.2) is 14.4 Å². The molecule has 4 aliphatic rings. The Balaban J connectivity index is 0.944. The molecule has 5 heterocycles. The zero-order valence-electron chi connectivity index (χ0n) is 35.0. The number of aryl methyl sites for hydroxylation is 2. The van der Waals surface area contributed by atoms with Gasteiger partial charge in [0.15, 0.2) is 11.7 Å². The molecule has 7 rings (SSSR count). The van der Waals surface area contributed by atoms with Gasteiger partial charge in [0.25, 0.3) is 5.91 Å². The highest BCUT2D eigenvalue weighted by molar-refractivity contribution is 5.91. The summed E-state index contributed by atoms with van der Waals surface area (Å²) in [7, 11) is 5.56. The van der Waals surface area contributed by atoms with E-state index < -0.39 is 18.0 Å². The minimum atomic E-state index is -1.08. The fourth-order valence-electron chi connectivity index (χ4n) is 9.07. The van der Waals surface area contributed by atoms with Crippen LogP contribution in [0.15, 0.2) is 45.6 Å². The van der Waals surface area contributed by atoms with E-state index in [0.717, 1.165) is 67.8 Å². The van der Waals surface area contributed by atoms with E-state index >= 15 is 0 Å². The zero-order chi connectivity index (χ0) is 41.6. The molecule has 16 nitrogen and oxygen atoms in total. The Morgan fingerprint density at radius 3 is 2.34 bits per heavy atom.